The fourth-order valence-electron chi connectivity index (χ4n) is 5.00. The van der Waals surface area contributed by atoms with E-state index in [1.54, 1.807) is 0 Å². The number of carboxylic acid groups (broad SMARTS) is 1. The van der Waals surface area contributed by atoms with Crippen LogP contribution >= 0.6 is 0 Å². The fourth-order valence-corrected chi connectivity index (χ4v) is 5.00. The van der Waals surface area contributed by atoms with Crippen LogP contribution in [-0.2, 0) is 14.3 Å². The van der Waals surface area contributed by atoms with Gasteiger partial charge in [-0.2, -0.15) is 0 Å². The Labute approximate surface area is 199 Å². The summed E-state index contributed by atoms with van der Waals surface area (Å²) in [5, 5.41) is 15.0. The van der Waals surface area contributed by atoms with E-state index in [9.17, 15) is 19.5 Å². The summed E-state index contributed by atoms with van der Waals surface area (Å²) < 4.78 is 5.56. The zero-order valence-electron chi connectivity index (χ0n) is 19.5. The monoisotopic (exact) mass is 464 g/mol. The van der Waals surface area contributed by atoms with Crippen LogP contribution in [0.5, 0.6) is 0 Å². The van der Waals surface area contributed by atoms with Crippen LogP contribution in [0, 0.1) is 11.3 Å². The summed E-state index contributed by atoms with van der Waals surface area (Å²) in [6.07, 6.45) is 2.84. The van der Waals surface area contributed by atoms with Crippen molar-refractivity contribution in [3.8, 4) is 11.1 Å². The Morgan fingerprint density at radius 1 is 1.03 bits per heavy atom. The van der Waals surface area contributed by atoms with Gasteiger partial charge < -0.3 is 20.5 Å². The van der Waals surface area contributed by atoms with Crippen molar-refractivity contribution < 1.29 is 24.2 Å². The lowest BCUT2D eigenvalue weighted by Gasteiger charge is -2.37. The zero-order chi connectivity index (χ0) is 24.1. The molecule has 1 fully saturated rings. The number of hydrogen-bond acceptors (Lipinski definition) is 4. The third-order valence-electron chi connectivity index (χ3n) is 7.21. The fraction of sp³-hybridized carbons (Fsp3) is 0.444. The number of fused-ring (bicyclic) bond motifs is 3. The minimum atomic E-state index is -0.858. The van der Waals surface area contributed by atoms with Crippen molar-refractivity contribution in [1.29, 1.82) is 0 Å². The second-order valence-electron chi connectivity index (χ2n) is 9.35. The normalized spacial score (nSPS) is 16.5. The average Bonchev–Trinajstić information content (AvgIpc) is 3.13. The van der Waals surface area contributed by atoms with E-state index in [2.05, 4.69) is 34.9 Å². The molecule has 7 nitrogen and oxygen atoms in total. The van der Waals surface area contributed by atoms with E-state index in [1.807, 2.05) is 31.2 Å². The molecule has 2 amide bonds. The van der Waals surface area contributed by atoms with Crippen LogP contribution in [0.15, 0.2) is 48.5 Å². The molecule has 2 aliphatic carbocycles. The van der Waals surface area contributed by atoms with Gasteiger partial charge in [-0.05, 0) is 41.5 Å². The highest BCUT2D eigenvalue weighted by Gasteiger charge is 2.44. The van der Waals surface area contributed by atoms with E-state index in [-0.39, 0.29) is 31.5 Å². The number of ether oxygens (including phenoxy) is 1. The number of carbonyl (C=O) groups excluding carboxylic acids is 2. The van der Waals surface area contributed by atoms with Crippen molar-refractivity contribution in [2.45, 2.75) is 44.9 Å². The first-order valence-corrected chi connectivity index (χ1v) is 12.0. The molecule has 0 heterocycles. The highest BCUT2D eigenvalue weighted by atomic mass is 16.5. The second kappa shape index (κ2) is 10.3. The van der Waals surface area contributed by atoms with Gasteiger partial charge in [0.25, 0.3) is 0 Å². The van der Waals surface area contributed by atoms with Crippen molar-refractivity contribution >= 4 is 18.0 Å². The number of benzene rings is 2. The predicted octanol–water partition coefficient (Wildman–Crippen LogP) is 4.31. The Hall–Kier alpha value is -3.35. The number of nitrogens with one attached hydrogen (secondary N) is 2. The molecule has 4 rings (SSSR count). The zero-order valence-corrected chi connectivity index (χ0v) is 19.5. The molecule has 7 heteroatoms. The number of amides is 2. The maximum atomic E-state index is 12.7. The third kappa shape index (κ3) is 4.79. The first-order chi connectivity index (χ1) is 16.4. The molecule has 2 aliphatic rings. The van der Waals surface area contributed by atoms with Crippen LogP contribution in [0.25, 0.3) is 11.1 Å². The molecule has 0 bridgehead atoms. The third-order valence-corrected chi connectivity index (χ3v) is 7.21. The van der Waals surface area contributed by atoms with Crippen LogP contribution in [0.2, 0.25) is 0 Å². The van der Waals surface area contributed by atoms with Crippen molar-refractivity contribution in [2.75, 3.05) is 19.7 Å². The number of aliphatic carboxylic acids is 1. The van der Waals surface area contributed by atoms with Crippen LogP contribution in [0.3, 0.4) is 0 Å². The summed E-state index contributed by atoms with van der Waals surface area (Å²) in [5.74, 6) is -1.55. The van der Waals surface area contributed by atoms with Gasteiger partial charge >= 0.3 is 12.1 Å². The summed E-state index contributed by atoms with van der Waals surface area (Å²) in [6.45, 7) is 2.46. The lowest BCUT2D eigenvalue weighted by atomic mass is 9.68. The van der Waals surface area contributed by atoms with Crippen LogP contribution in [0.4, 0.5) is 4.79 Å². The standard InChI is InChI=1S/C27H32N2O5/c1-2-8-18(24(30)29-17-27(25(31)32)13-7-14-27)15-28-26(33)34-16-23-21-11-5-3-9-19(21)20-10-4-6-12-22(20)23/h3-6,9-12,18,23H,2,7-8,13-17H2,1H3,(H,28,33)(H,29,30)(H,31,32). The predicted molar refractivity (Wildman–Crippen MR) is 128 cm³/mol. The Balaban J connectivity index is 1.30. The molecule has 0 aliphatic heterocycles. The van der Waals surface area contributed by atoms with Crippen molar-refractivity contribution in [1.82, 2.24) is 10.6 Å². The smallest absolute Gasteiger partial charge is 0.407 e. The van der Waals surface area contributed by atoms with E-state index >= 15 is 0 Å². The van der Waals surface area contributed by atoms with Crippen molar-refractivity contribution in [2.24, 2.45) is 11.3 Å². The first kappa shape index (κ1) is 23.8. The molecule has 1 unspecified atom stereocenters. The molecular weight excluding hydrogens is 432 g/mol. The van der Waals surface area contributed by atoms with E-state index in [1.165, 1.54) is 0 Å². The summed E-state index contributed by atoms with van der Waals surface area (Å²) in [7, 11) is 0. The Bertz CT molecular complexity index is 1020. The molecule has 180 valence electrons. The van der Waals surface area contributed by atoms with Gasteiger partial charge in [0.15, 0.2) is 0 Å². The van der Waals surface area contributed by atoms with Crippen molar-refractivity contribution in [3.05, 3.63) is 59.7 Å². The molecule has 3 N–H and O–H groups in total. The topological polar surface area (TPSA) is 105 Å². The van der Waals surface area contributed by atoms with Gasteiger partial charge in [0.1, 0.15) is 6.61 Å². The number of carbonyl (C=O) groups is 3. The first-order valence-electron chi connectivity index (χ1n) is 12.0. The lowest BCUT2D eigenvalue weighted by Crippen LogP contribution is -2.49. The van der Waals surface area contributed by atoms with E-state index in [0.29, 0.717) is 19.3 Å². The second-order valence-corrected chi connectivity index (χ2v) is 9.35. The van der Waals surface area contributed by atoms with Gasteiger partial charge in [-0.15, -0.1) is 0 Å². The van der Waals surface area contributed by atoms with E-state index < -0.39 is 23.4 Å². The van der Waals surface area contributed by atoms with E-state index in [4.69, 9.17) is 4.74 Å². The number of carboxylic acids is 1. The quantitative estimate of drug-likeness (QED) is 0.486. The number of alkyl carbamates (subject to hydrolysis) is 1. The molecule has 2 aromatic carbocycles. The van der Waals surface area contributed by atoms with Gasteiger partial charge in [-0.25, -0.2) is 4.79 Å². The van der Waals surface area contributed by atoms with Crippen molar-refractivity contribution in [3.63, 3.8) is 0 Å². The highest BCUT2D eigenvalue weighted by Crippen LogP contribution is 2.44. The molecule has 0 spiro atoms. The minimum Gasteiger partial charge on any atom is -0.481 e. The van der Waals surface area contributed by atoms with Gasteiger partial charge in [0.2, 0.25) is 5.91 Å². The van der Waals surface area contributed by atoms with Crippen LogP contribution in [-0.4, -0.2) is 42.8 Å². The molecule has 0 saturated heterocycles. The molecule has 0 aromatic heterocycles. The molecule has 1 saturated carbocycles. The maximum absolute atomic E-state index is 12.7. The maximum Gasteiger partial charge on any atom is 0.407 e. The van der Waals surface area contributed by atoms with Crippen LogP contribution in [0.1, 0.15) is 56.1 Å². The lowest BCUT2D eigenvalue weighted by molar-refractivity contribution is -0.154. The van der Waals surface area contributed by atoms with E-state index in [0.717, 1.165) is 35.1 Å². The van der Waals surface area contributed by atoms with Gasteiger partial charge in [-0.3, -0.25) is 9.59 Å². The largest absolute Gasteiger partial charge is 0.481 e. The highest BCUT2D eigenvalue weighted by molar-refractivity contribution is 5.82. The Morgan fingerprint density at radius 3 is 2.18 bits per heavy atom. The average molecular weight is 465 g/mol. The summed E-state index contributed by atoms with van der Waals surface area (Å²) in [6, 6.07) is 16.3. The summed E-state index contributed by atoms with van der Waals surface area (Å²) in [4.78, 5) is 36.7. The Kier molecular flexibility index (Phi) is 7.20. The summed E-state index contributed by atoms with van der Waals surface area (Å²) in [5.41, 5.74) is 3.77. The molecule has 2 aromatic rings. The molecule has 0 radical (unpaired) electrons. The molecular formula is C27H32N2O5. The van der Waals surface area contributed by atoms with Crippen LogP contribution < -0.4 is 10.6 Å². The SMILES string of the molecule is CCCC(CNC(=O)OCC1c2ccccc2-c2ccccc21)C(=O)NCC1(C(=O)O)CCC1. The summed E-state index contributed by atoms with van der Waals surface area (Å²) >= 11 is 0. The molecule has 34 heavy (non-hydrogen) atoms. The minimum absolute atomic E-state index is 0.0254. The van der Waals surface area contributed by atoms with Gasteiger partial charge in [0.05, 0.1) is 11.3 Å². The number of rotatable bonds is 10. The number of hydrogen-bond donors (Lipinski definition) is 3. The Morgan fingerprint density at radius 2 is 1.65 bits per heavy atom. The van der Waals surface area contributed by atoms with Gasteiger partial charge in [-0.1, -0.05) is 68.3 Å². The molecule has 1 atom stereocenters. The van der Waals surface area contributed by atoms with Gasteiger partial charge in [0, 0.05) is 19.0 Å².